The lowest BCUT2D eigenvalue weighted by Gasteiger charge is -2.07. The monoisotopic (exact) mass is 233 g/mol. The molecule has 0 bridgehead atoms. The van der Waals surface area contributed by atoms with Crippen LogP contribution in [0.4, 0.5) is 5.69 Å². The van der Waals surface area contributed by atoms with Crippen LogP contribution in [0.2, 0.25) is 0 Å². The maximum atomic E-state index is 10.7. The molecule has 0 aliphatic heterocycles. The first-order chi connectivity index (χ1) is 7.77. The Kier molecular flexibility index (Phi) is 3.22. The Morgan fingerprint density at radius 1 is 0.812 bits per heavy atom. The first kappa shape index (κ1) is 10.7. The van der Waals surface area contributed by atoms with Gasteiger partial charge in [0.1, 0.15) is 0 Å². The van der Waals surface area contributed by atoms with E-state index in [9.17, 15) is 8.42 Å². The molecule has 0 unspecified atom stereocenters. The molecule has 0 heterocycles. The van der Waals surface area contributed by atoms with Gasteiger partial charge in [0.25, 0.3) is 0 Å². The molecule has 82 valence electrons. The van der Waals surface area contributed by atoms with Crippen LogP contribution in [-0.2, 0) is 10.9 Å². The molecule has 0 aliphatic carbocycles. The van der Waals surface area contributed by atoms with E-state index in [1.54, 1.807) is 12.1 Å². The van der Waals surface area contributed by atoms with Crippen LogP contribution in [0.5, 0.6) is 0 Å². The molecular formula is C12H11NO2S. The predicted molar refractivity (Wildman–Crippen MR) is 65.8 cm³/mol. The summed E-state index contributed by atoms with van der Waals surface area (Å²) in [6, 6.07) is 17.0. The third kappa shape index (κ3) is 2.41. The Labute approximate surface area is 95.8 Å². The van der Waals surface area contributed by atoms with Crippen molar-refractivity contribution in [2.75, 3.05) is 4.72 Å². The van der Waals surface area contributed by atoms with Crippen molar-refractivity contribution < 1.29 is 8.42 Å². The number of rotatable bonds is 3. The molecule has 0 aliphatic rings. The SMILES string of the molecule is O=[SH](=O)Nc1ccccc1-c1ccccc1. The molecule has 0 saturated carbocycles. The normalized spacial score (nSPS) is 10.3. The van der Waals surface area contributed by atoms with Crippen molar-refractivity contribution in [1.29, 1.82) is 0 Å². The second-order valence-corrected chi connectivity index (χ2v) is 4.02. The molecule has 3 nitrogen and oxygen atoms in total. The van der Waals surface area contributed by atoms with Gasteiger partial charge in [-0.15, -0.1) is 0 Å². The van der Waals surface area contributed by atoms with Gasteiger partial charge in [0.05, 0.1) is 5.69 Å². The van der Waals surface area contributed by atoms with Gasteiger partial charge in [-0.05, 0) is 11.6 Å². The molecule has 4 heteroatoms. The third-order valence-electron chi connectivity index (χ3n) is 2.22. The molecule has 0 saturated heterocycles. The van der Waals surface area contributed by atoms with Crippen LogP contribution in [0, 0.1) is 0 Å². The van der Waals surface area contributed by atoms with Crippen LogP contribution in [0.15, 0.2) is 54.6 Å². The average Bonchev–Trinajstić information content (AvgIpc) is 2.30. The zero-order valence-corrected chi connectivity index (χ0v) is 9.35. The van der Waals surface area contributed by atoms with Gasteiger partial charge in [0.2, 0.25) is 10.9 Å². The highest BCUT2D eigenvalue weighted by molar-refractivity contribution is 7.73. The molecule has 0 spiro atoms. The minimum absolute atomic E-state index is 0.602. The van der Waals surface area contributed by atoms with Gasteiger partial charge in [0, 0.05) is 5.56 Å². The number of hydrogen-bond donors (Lipinski definition) is 2. The van der Waals surface area contributed by atoms with Crippen molar-refractivity contribution >= 4 is 16.6 Å². The van der Waals surface area contributed by atoms with Crippen LogP contribution in [0.3, 0.4) is 0 Å². The number of nitrogens with one attached hydrogen (secondary N) is 1. The maximum Gasteiger partial charge on any atom is 0.222 e. The molecule has 0 fully saturated rings. The molecule has 0 atom stereocenters. The average molecular weight is 233 g/mol. The lowest BCUT2D eigenvalue weighted by molar-refractivity contribution is 0.619. The molecule has 2 aromatic carbocycles. The van der Waals surface area contributed by atoms with Crippen LogP contribution in [0.1, 0.15) is 0 Å². The van der Waals surface area contributed by atoms with Gasteiger partial charge in [-0.25, -0.2) is 8.42 Å². The Morgan fingerprint density at radius 3 is 2.12 bits per heavy atom. The molecular weight excluding hydrogens is 222 g/mol. The summed E-state index contributed by atoms with van der Waals surface area (Å²) in [6.07, 6.45) is 0. The molecule has 1 N–H and O–H groups in total. The number of benzene rings is 2. The molecule has 16 heavy (non-hydrogen) atoms. The summed E-state index contributed by atoms with van der Waals surface area (Å²) >= 11 is 0. The van der Waals surface area contributed by atoms with E-state index < -0.39 is 10.9 Å². The molecule has 2 aromatic rings. The lowest BCUT2D eigenvalue weighted by atomic mass is 10.0. The number of anilines is 1. The smallest absolute Gasteiger partial charge is 0.222 e. The zero-order chi connectivity index (χ0) is 11.4. The van der Waals surface area contributed by atoms with Crippen molar-refractivity contribution in [3.63, 3.8) is 0 Å². The van der Waals surface area contributed by atoms with Crippen molar-refractivity contribution in [1.82, 2.24) is 0 Å². The minimum Gasteiger partial charge on any atom is -0.285 e. The molecule has 0 aromatic heterocycles. The number of thiol groups is 1. The summed E-state index contributed by atoms with van der Waals surface area (Å²) in [5.74, 6) is 0. The van der Waals surface area contributed by atoms with Crippen LogP contribution in [-0.4, -0.2) is 8.42 Å². The van der Waals surface area contributed by atoms with Gasteiger partial charge in [-0.3, -0.25) is 4.72 Å². The highest BCUT2D eigenvalue weighted by Crippen LogP contribution is 2.27. The Bertz CT molecular complexity index is 542. The Morgan fingerprint density at radius 2 is 1.44 bits per heavy atom. The quantitative estimate of drug-likeness (QED) is 0.799. The Balaban J connectivity index is 2.48. The lowest BCUT2D eigenvalue weighted by Crippen LogP contribution is -1.96. The van der Waals surface area contributed by atoms with Crippen molar-refractivity contribution in [3.8, 4) is 11.1 Å². The summed E-state index contributed by atoms with van der Waals surface area (Å²) < 4.78 is 23.8. The van der Waals surface area contributed by atoms with E-state index in [2.05, 4.69) is 4.72 Å². The third-order valence-corrected chi connectivity index (χ3v) is 2.65. The Hall–Kier alpha value is -1.81. The summed E-state index contributed by atoms with van der Waals surface area (Å²) in [5.41, 5.74) is 2.47. The fourth-order valence-electron chi connectivity index (χ4n) is 1.55. The summed E-state index contributed by atoms with van der Waals surface area (Å²) in [7, 11) is -2.63. The van der Waals surface area contributed by atoms with Gasteiger partial charge < -0.3 is 0 Å². The predicted octanol–water partition coefficient (Wildman–Crippen LogP) is 2.29. The van der Waals surface area contributed by atoms with E-state index in [4.69, 9.17) is 0 Å². The van der Waals surface area contributed by atoms with Crippen molar-refractivity contribution in [2.45, 2.75) is 0 Å². The van der Waals surface area contributed by atoms with Crippen molar-refractivity contribution in [3.05, 3.63) is 54.6 Å². The largest absolute Gasteiger partial charge is 0.285 e. The van der Waals surface area contributed by atoms with E-state index in [1.807, 2.05) is 42.5 Å². The van der Waals surface area contributed by atoms with E-state index in [-0.39, 0.29) is 0 Å². The second kappa shape index (κ2) is 4.81. The molecule has 0 amide bonds. The van der Waals surface area contributed by atoms with E-state index in [0.717, 1.165) is 11.1 Å². The van der Waals surface area contributed by atoms with Gasteiger partial charge in [0.15, 0.2) is 0 Å². The van der Waals surface area contributed by atoms with Gasteiger partial charge in [-0.2, -0.15) is 0 Å². The molecule has 0 radical (unpaired) electrons. The van der Waals surface area contributed by atoms with Gasteiger partial charge in [-0.1, -0.05) is 48.5 Å². The minimum atomic E-state index is -2.63. The van der Waals surface area contributed by atoms with E-state index in [1.165, 1.54) is 0 Å². The first-order valence-corrected chi connectivity index (χ1v) is 6.00. The maximum absolute atomic E-state index is 10.7. The second-order valence-electron chi connectivity index (χ2n) is 3.28. The fourth-order valence-corrected chi connectivity index (χ4v) is 1.94. The summed E-state index contributed by atoms with van der Waals surface area (Å²) in [6.45, 7) is 0. The van der Waals surface area contributed by atoms with Crippen molar-refractivity contribution in [2.24, 2.45) is 0 Å². The van der Waals surface area contributed by atoms with Crippen LogP contribution < -0.4 is 4.72 Å². The van der Waals surface area contributed by atoms with E-state index >= 15 is 0 Å². The zero-order valence-electron chi connectivity index (χ0n) is 8.46. The summed E-state index contributed by atoms with van der Waals surface area (Å²) in [4.78, 5) is 0. The highest BCUT2D eigenvalue weighted by atomic mass is 32.2. The number of para-hydroxylation sites is 1. The topological polar surface area (TPSA) is 46.2 Å². The first-order valence-electron chi connectivity index (χ1n) is 4.83. The van der Waals surface area contributed by atoms with Gasteiger partial charge >= 0.3 is 0 Å². The number of hydrogen-bond acceptors (Lipinski definition) is 2. The molecule has 2 rings (SSSR count). The standard InChI is InChI=1S/C12H11NO2S/c14-16(15)13-12-9-5-4-8-11(12)10-6-2-1-3-7-10/h1-9,16H,(H,13,14,15). The van der Waals surface area contributed by atoms with E-state index in [0.29, 0.717) is 5.69 Å². The van der Waals surface area contributed by atoms with Crippen LogP contribution in [0.25, 0.3) is 11.1 Å². The fraction of sp³-hybridized carbons (Fsp3) is 0. The highest BCUT2D eigenvalue weighted by Gasteiger charge is 2.03. The van der Waals surface area contributed by atoms with Crippen LogP contribution >= 0.6 is 0 Å². The summed E-state index contributed by atoms with van der Waals surface area (Å²) in [5, 5.41) is 0.